The van der Waals surface area contributed by atoms with Gasteiger partial charge in [0.25, 0.3) is 5.91 Å². The van der Waals surface area contributed by atoms with Gasteiger partial charge in [-0.05, 0) is 43.2 Å². The van der Waals surface area contributed by atoms with Gasteiger partial charge in [0.05, 0.1) is 18.6 Å². The summed E-state index contributed by atoms with van der Waals surface area (Å²) in [6.07, 6.45) is 8.76. The van der Waals surface area contributed by atoms with Gasteiger partial charge in [0.2, 0.25) is 0 Å². The lowest BCUT2D eigenvalue weighted by atomic mass is 10.1. The molecule has 3 aromatic rings. The molecule has 1 fully saturated rings. The summed E-state index contributed by atoms with van der Waals surface area (Å²) in [6.45, 7) is 1.33. The third kappa shape index (κ3) is 3.05. The van der Waals surface area contributed by atoms with E-state index in [1.54, 1.807) is 35.4 Å². The molecule has 3 heterocycles. The van der Waals surface area contributed by atoms with Crippen molar-refractivity contribution in [3.8, 4) is 5.69 Å². The quantitative estimate of drug-likeness (QED) is 0.737. The Hall–Kier alpha value is -2.96. The van der Waals surface area contributed by atoms with Gasteiger partial charge in [0.15, 0.2) is 0 Å². The van der Waals surface area contributed by atoms with Crippen LogP contribution in [0.3, 0.4) is 0 Å². The number of nitrogens with zero attached hydrogens (tertiary/aromatic N) is 5. The second-order valence-electron chi connectivity index (χ2n) is 6.16. The first-order valence-electron chi connectivity index (χ1n) is 8.29. The van der Waals surface area contributed by atoms with E-state index >= 15 is 0 Å². The minimum Gasteiger partial charge on any atom is -0.335 e. The van der Waals surface area contributed by atoms with Crippen LogP contribution >= 0.6 is 0 Å². The smallest absolute Gasteiger partial charge is 0.272 e. The van der Waals surface area contributed by atoms with E-state index in [-0.39, 0.29) is 17.8 Å². The summed E-state index contributed by atoms with van der Waals surface area (Å²) in [5.74, 6) is -0.381. The van der Waals surface area contributed by atoms with E-state index in [1.807, 2.05) is 21.8 Å². The summed E-state index contributed by atoms with van der Waals surface area (Å²) in [5.41, 5.74) is 1.19. The van der Waals surface area contributed by atoms with Crippen molar-refractivity contribution in [1.29, 1.82) is 0 Å². The Kier molecular flexibility index (Phi) is 4.05. The van der Waals surface area contributed by atoms with E-state index in [9.17, 15) is 9.18 Å². The van der Waals surface area contributed by atoms with E-state index in [0.717, 1.165) is 12.8 Å². The van der Waals surface area contributed by atoms with Crippen molar-refractivity contribution in [3.63, 3.8) is 0 Å². The molecular formula is C18H18FN5O. The summed E-state index contributed by atoms with van der Waals surface area (Å²) >= 11 is 0. The first-order valence-corrected chi connectivity index (χ1v) is 8.29. The Bertz CT molecular complexity index is 856. The minimum atomic E-state index is -0.310. The second kappa shape index (κ2) is 6.51. The number of benzene rings is 1. The molecule has 2 aromatic heterocycles. The van der Waals surface area contributed by atoms with Gasteiger partial charge in [-0.1, -0.05) is 0 Å². The molecule has 128 valence electrons. The van der Waals surface area contributed by atoms with Gasteiger partial charge in [0.1, 0.15) is 11.5 Å². The zero-order valence-corrected chi connectivity index (χ0v) is 13.6. The lowest BCUT2D eigenvalue weighted by Crippen LogP contribution is -2.41. The number of hydrogen-bond acceptors (Lipinski definition) is 3. The van der Waals surface area contributed by atoms with Crippen molar-refractivity contribution < 1.29 is 9.18 Å². The number of rotatable bonds is 3. The number of halogens is 1. The van der Waals surface area contributed by atoms with Crippen LogP contribution in [0.25, 0.3) is 5.69 Å². The Labute approximate surface area is 144 Å². The highest BCUT2D eigenvalue weighted by atomic mass is 19.1. The van der Waals surface area contributed by atoms with Gasteiger partial charge < -0.3 is 4.90 Å². The van der Waals surface area contributed by atoms with Crippen molar-refractivity contribution in [2.45, 2.75) is 18.9 Å². The largest absolute Gasteiger partial charge is 0.335 e. The predicted molar refractivity (Wildman–Crippen MR) is 89.9 cm³/mol. The van der Waals surface area contributed by atoms with Gasteiger partial charge in [0, 0.05) is 31.2 Å². The average molecular weight is 339 g/mol. The summed E-state index contributed by atoms with van der Waals surface area (Å²) in [6, 6.07) is 8.10. The van der Waals surface area contributed by atoms with Gasteiger partial charge in [-0.2, -0.15) is 5.10 Å². The van der Waals surface area contributed by atoms with E-state index < -0.39 is 0 Å². The van der Waals surface area contributed by atoms with Crippen LogP contribution in [0, 0.1) is 5.82 Å². The monoisotopic (exact) mass is 339 g/mol. The summed E-state index contributed by atoms with van der Waals surface area (Å²) < 4.78 is 16.8. The number of amides is 1. The molecule has 1 amide bonds. The first kappa shape index (κ1) is 15.6. The molecule has 0 aliphatic carbocycles. The maximum absolute atomic E-state index is 13.1. The molecular weight excluding hydrogens is 321 g/mol. The lowest BCUT2D eigenvalue weighted by Gasteiger charge is -2.33. The van der Waals surface area contributed by atoms with E-state index in [2.05, 4.69) is 10.1 Å². The average Bonchev–Trinajstić information content (AvgIpc) is 3.34. The number of likely N-dealkylation sites (tertiary alicyclic amines) is 1. The van der Waals surface area contributed by atoms with Crippen LogP contribution in [0.4, 0.5) is 4.39 Å². The van der Waals surface area contributed by atoms with Gasteiger partial charge in [-0.15, -0.1) is 0 Å². The standard InChI is InChI=1S/C18H18FN5O/c19-14-4-6-15(7-5-14)23-13-20-11-17(23)18(25)22-9-1-3-16(12-22)24-10-2-8-21-24/h2,4-8,10-11,13,16H,1,3,9,12H2/t16-/m0/s1. The number of carbonyl (C=O) groups excluding carboxylic acids is 1. The van der Waals surface area contributed by atoms with E-state index in [1.165, 1.54) is 12.1 Å². The van der Waals surface area contributed by atoms with Crippen molar-refractivity contribution in [1.82, 2.24) is 24.2 Å². The first-order chi connectivity index (χ1) is 12.2. The Morgan fingerprint density at radius 2 is 2.08 bits per heavy atom. The molecule has 1 atom stereocenters. The molecule has 7 heteroatoms. The van der Waals surface area contributed by atoms with Gasteiger partial charge >= 0.3 is 0 Å². The van der Waals surface area contributed by atoms with Crippen molar-refractivity contribution in [3.05, 3.63) is 66.8 Å². The van der Waals surface area contributed by atoms with Gasteiger partial charge in [-0.3, -0.25) is 14.0 Å². The van der Waals surface area contributed by atoms with E-state index in [0.29, 0.717) is 24.5 Å². The molecule has 6 nitrogen and oxygen atoms in total. The van der Waals surface area contributed by atoms with Crippen molar-refractivity contribution in [2.24, 2.45) is 0 Å². The molecule has 0 saturated carbocycles. The highest BCUT2D eigenvalue weighted by Gasteiger charge is 2.27. The fourth-order valence-corrected chi connectivity index (χ4v) is 3.27. The number of hydrogen-bond donors (Lipinski definition) is 0. The summed E-state index contributed by atoms with van der Waals surface area (Å²) in [7, 11) is 0. The third-order valence-corrected chi connectivity index (χ3v) is 4.55. The molecule has 0 spiro atoms. The molecule has 1 aliphatic rings. The van der Waals surface area contributed by atoms with Crippen LogP contribution in [0.2, 0.25) is 0 Å². The van der Waals surface area contributed by atoms with Crippen LogP contribution < -0.4 is 0 Å². The predicted octanol–water partition coefficient (Wildman–Crippen LogP) is 2.69. The number of carbonyl (C=O) groups is 1. The maximum Gasteiger partial charge on any atom is 0.272 e. The highest BCUT2D eigenvalue weighted by molar-refractivity contribution is 5.93. The molecule has 4 rings (SSSR count). The van der Waals surface area contributed by atoms with Crippen molar-refractivity contribution in [2.75, 3.05) is 13.1 Å². The van der Waals surface area contributed by atoms with Crippen LogP contribution in [0.5, 0.6) is 0 Å². The number of imidazole rings is 1. The van der Waals surface area contributed by atoms with E-state index in [4.69, 9.17) is 0 Å². The highest BCUT2D eigenvalue weighted by Crippen LogP contribution is 2.23. The Morgan fingerprint density at radius 1 is 1.24 bits per heavy atom. The lowest BCUT2D eigenvalue weighted by molar-refractivity contribution is 0.0665. The topological polar surface area (TPSA) is 56.0 Å². The maximum atomic E-state index is 13.1. The van der Waals surface area contributed by atoms with Crippen LogP contribution in [-0.2, 0) is 0 Å². The summed E-state index contributed by atoms with van der Waals surface area (Å²) in [5, 5.41) is 4.30. The fraction of sp³-hybridized carbons (Fsp3) is 0.278. The van der Waals surface area contributed by atoms with Crippen LogP contribution in [0.1, 0.15) is 29.4 Å². The SMILES string of the molecule is O=C(c1cncn1-c1ccc(F)cc1)N1CCC[C@H](n2cccn2)C1. The Morgan fingerprint density at radius 3 is 2.84 bits per heavy atom. The molecule has 0 N–H and O–H groups in total. The Balaban J connectivity index is 1.57. The number of piperidine rings is 1. The zero-order chi connectivity index (χ0) is 17.2. The fourth-order valence-electron chi connectivity index (χ4n) is 3.27. The van der Waals surface area contributed by atoms with Crippen LogP contribution in [0.15, 0.2) is 55.2 Å². The van der Waals surface area contributed by atoms with Crippen LogP contribution in [-0.4, -0.2) is 43.2 Å². The molecule has 0 radical (unpaired) electrons. The zero-order valence-electron chi connectivity index (χ0n) is 13.6. The molecule has 25 heavy (non-hydrogen) atoms. The molecule has 0 unspecified atom stereocenters. The number of aromatic nitrogens is 4. The minimum absolute atomic E-state index is 0.0707. The molecule has 0 bridgehead atoms. The molecule has 1 aliphatic heterocycles. The molecule has 1 saturated heterocycles. The normalized spacial score (nSPS) is 17.6. The van der Waals surface area contributed by atoms with Gasteiger partial charge in [-0.25, -0.2) is 9.37 Å². The summed E-state index contributed by atoms with van der Waals surface area (Å²) in [4.78, 5) is 18.9. The third-order valence-electron chi connectivity index (χ3n) is 4.55. The second-order valence-corrected chi connectivity index (χ2v) is 6.16. The molecule has 1 aromatic carbocycles. The van der Waals surface area contributed by atoms with Crippen molar-refractivity contribution >= 4 is 5.91 Å².